The van der Waals surface area contributed by atoms with Gasteiger partial charge in [-0.25, -0.2) is 0 Å². The molecule has 0 bridgehead atoms. The Morgan fingerprint density at radius 3 is 2.71 bits per heavy atom. The number of carboxylic acids is 1. The van der Waals surface area contributed by atoms with Crippen molar-refractivity contribution in [2.75, 3.05) is 13.7 Å². The maximum atomic E-state index is 11.3. The number of ether oxygens (including phenoxy) is 1. The van der Waals surface area contributed by atoms with Crippen LogP contribution < -0.4 is 5.32 Å². The van der Waals surface area contributed by atoms with E-state index in [2.05, 4.69) is 17.4 Å². The maximum Gasteiger partial charge on any atom is 0.306 e. The van der Waals surface area contributed by atoms with Gasteiger partial charge in [0.1, 0.15) is 0 Å². The molecule has 2 unspecified atom stereocenters. The van der Waals surface area contributed by atoms with Crippen LogP contribution in [0.25, 0.3) is 0 Å². The zero-order valence-corrected chi connectivity index (χ0v) is 12.7. The molecule has 4 nitrogen and oxygen atoms in total. The summed E-state index contributed by atoms with van der Waals surface area (Å²) in [5.41, 5.74) is 2.41. The fourth-order valence-corrected chi connectivity index (χ4v) is 3.20. The molecular formula is C17H25NO3. The van der Waals surface area contributed by atoms with Crippen LogP contribution in [0.1, 0.15) is 36.8 Å². The predicted octanol–water partition coefficient (Wildman–Crippen LogP) is 2.81. The van der Waals surface area contributed by atoms with E-state index in [1.54, 1.807) is 7.11 Å². The van der Waals surface area contributed by atoms with E-state index in [9.17, 15) is 9.90 Å². The second-order valence-electron chi connectivity index (χ2n) is 5.82. The Hall–Kier alpha value is -1.39. The van der Waals surface area contributed by atoms with Crippen LogP contribution in [-0.2, 0) is 22.7 Å². The molecule has 21 heavy (non-hydrogen) atoms. The van der Waals surface area contributed by atoms with Gasteiger partial charge in [-0.05, 0) is 36.4 Å². The van der Waals surface area contributed by atoms with E-state index in [4.69, 9.17) is 4.74 Å². The van der Waals surface area contributed by atoms with Gasteiger partial charge in [0.15, 0.2) is 0 Å². The van der Waals surface area contributed by atoms with E-state index in [-0.39, 0.29) is 11.8 Å². The second-order valence-corrected chi connectivity index (χ2v) is 5.82. The first-order valence-corrected chi connectivity index (χ1v) is 7.71. The molecular weight excluding hydrogens is 266 g/mol. The van der Waals surface area contributed by atoms with Crippen molar-refractivity contribution in [3.05, 3.63) is 35.4 Å². The van der Waals surface area contributed by atoms with Crippen molar-refractivity contribution >= 4 is 5.97 Å². The molecule has 0 heterocycles. The fourth-order valence-electron chi connectivity index (χ4n) is 3.20. The summed E-state index contributed by atoms with van der Waals surface area (Å²) in [6.07, 6.45) is 4.03. The summed E-state index contributed by atoms with van der Waals surface area (Å²) in [5, 5.41) is 12.7. The van der Waals surface area contributed by atoms with Crippen molar-refractivity contribution < 1.29 is 14.6 Å². The topological polar surface area (TPSA) is 58.6 Å². The van der Waals surface area contributed by atoms with Crippen LogP contribution in [-0.4, -0.2) is 24.7 Å². The van der Waals surface area contributed by atoms with Crippen LogP contribution in [0.2, 0.25) is 0 Å². The standard InChI is InChI=1S/C17H25NO3/c1-21-12-15-8-3-2-6-13(15)10-18-11-14-7-4-5-9-16(14)17(19)20/h2-3,6,8,14,16,18H,4-5,7,9-12H2,1H3,(H,19,20). The smallest absolute Gasteiger partial charge is 0.306 e. The third-order valence-electron chi connectivity index (χ3n) is 4.37. The lowest BCUT2D eigenvalue weighted by Gasteiger charge is -2.28. The Morgan fingerprint density at radius 2 is 2.00 bits per heavy atom. The molecule has 0 amide bonds. The lowest BCUT2D eigenvalue weighted by molar-refractivity contribution is -0.144. The Bertz CT molecular complexity index is 461. The number of hydrogen-bond acceptors (Lipinski definition) is 3. The van der Waals surface area contributed by atoms with Crippen LogP contribution in [0.15, 0.2) is 24.3 Å². The highest BCUT2D eigenvalue weighted by molar-refractivity contribution is 5.70. The summed E-state index contributed by atoms with van der Waals surface area (Å²) in [7, 11) is 1.70. The minimum absolute atomic E-state index is 0.180. The first-order chi connectivity index (χ1) is 10.2. The van der Waals surface area contributed by atoms with Crippen LogP contribution in [0.4, 0.5) is 0 Å². The third-order valence-corrected chi connectivity index (χ3v) is 4.37. The van der Waals surface area contributed by atoms with Gasteiger partial charge in [-0.15, -0.1) is 0 Å². The van der Waals surface area contributed by atoms with Gasteiger partial charge in [-0.2, -0.15) is 0 Å². The van der Waals surface area contributed by atoms with Gasteiger partial charge in [0.25, 0.3) is 0 Å². The first kappa shape index (κ1) is 16.0. The Kier molecular flexibility index (Phi) is 6.21. The third kappa shape index (κ3) is 4.55. The molecule has 1 saturated carbocycles. The normalized spacial score (nSPS) is 22.1. The van der Waals surface area contributed by atoms with Crippen molar-refractivity contribution in [2.45, 2.75) is 38.8 Å². The number of carbonyl (C=O) groups is 1. The summed E-state index contributed by atoms with van der Waals surface area (Å²) in [6, 6.07) is 8.20. The summed E-state index contributed by atoms with van der Waals surface area (Å²) < 4.78 is 5.21. The van der Waals surface area contributed by atoms with Gasteiger partial charge in [0.05, 0.1) is 12.5 Å². The summed E-state index contributed by atoms with van der Waals surface area (Å²) >= 11 is 0. The lowest BCUT2D eigenvalue weighted by Crippen LogP contribution is -2.34. The molecule has 0 saturated heterocycles. The van der Waals surface area contributed by atoms with Crippen LogP contribution in [0.3, 0.4) is 0 Å². The van der Waals surface area contributed by atoms with Crippen LogP contribution in [0, 0.1) is 11.8 Å². The average molecular weight is 291 g/mol. The molecule has 0 aromatic heterocycles. The molecule has 0 aliphatic heterocycles. The predicted molar refractivity (Wildman–Crippen MR) is 81.9 cm³/mol. The van der Waals surface area contributed by atoms with Crippen molar-refractivity contribution in [3.8, 4) is 0 Å². The van der Waals surface area contributed by atoms with Crippen molar-refractivity contribution in [3.63, 3.8) is 0 Å². The van der Waals surface area contributed by atoms with Gasteiger partial charge < -0.3 is 15.2 Å². The summed E-state index contributed by atoms with van der Waals surface area (Å²) in [5.74, 6) is -0.562. The van der Waals surface area contributed by atoms with Gasteiger partial charge in [-0.1, -0.05) is 37.1 Å². The number of nitrogens with one attached hydrogen (secondary N) is 1. The first-order valence-electron chi connectivity index (χ1n) is 7.71. The van der Waals surface area contributed by atoms with E-state index < -0.39 is 5.97 Å². The number of carboxylic acid groups (broad SMARTS) is 1. The van der Waals surface area contributed by atoms with Crippen molar-refractivity contribution in [1.29, 1.82) is 0 Å². The molecule has 1 aliphatic carbocycles. The number of aliphatic carboxylic acids is 1. The molecule has 2 rings (SSSR count). The van der Waals surface area contributed by atoms with Crippen molar-refractivity contribution in [2.24, 2.45) is 11.8 Å². The van der Waals surface area contributed by atoms with Crippen LogP contribution in [0.5, 0.6) is 0 Å². The lowest BCUT2D eigenvalue weighted by atomic mass is 9.79. The largest absolute Gasteiger partial charge is 0.481 e. The van der Waals surface area contributed by atoms with E-state index in [0.717, 1.165) is 38.8 Å². The highest BCUT2D eigenvalue weighted by Crippen LogP contribution is 2.29. The molecule has 1 aromatic carbocycles. The van der Waals surface area contributed by atoms with Gasteiger partial charge in [0.2, 0.25) is 0 Å². The highest BCUT2D eigenvalue weighted by Gasteiger charge is 2.30. The number of methoxy groups -OCH3 is 1. The zero-order valence-electron chi connectivity index (χ0n) is 12.7. The quantitative estimate of drug-likeness (QED) is 0.811. The van der Waals surface area contributed by atoms with E-state index in [1.165, 1.54) is 11.1 Å². The summed E-state index contributed by atoms with van der Waals surface area (Å²) in [4.78, 5) is 11.3. The van der Waals surface area contributed by atoms with Gasteiger partial charge in [0, 0.05) is 13.7 Å². The molecule has 1 aromatic rings. The van der Waals surface area contributed by atoms with Gasteiger partial charge >= 0.3 is 5.97 Å². The monoisotopic (exact) mass is 291 g/mol. The number of benzene rings is 1. The maximum absolute atomic E-state index is 11.3. The molecule has 1 aliphatic rings. The molecule has 1 fully saturated rings. The average Bonchev–Trinajstić information content (AvgIpc) is 2.49. The molecule has 116 valence electrons. The van der Waals surface area contributed by atoms with Gasteiger partial charge in [-0.3, -0.25) is 4.79 Å². The molecule has 0 spiro atoms. The zero-order chi connectivity index (χ0) is 15.1. The number of rotatable bonds is 7. The van der Waals surface area contributed by atoms with E-state index >= 15 is 0 Å². The Labute approximate surface area is 126 Å². The molecule has 2 atom stereocenters. The fraction of sp³-hybridized carbons (Fsp3) is 0.588. The summed E-state index contributed by atoms with van der Waals surface area (Å²) in [6.45, 7) is 2.15. The minimum Gasteiger partial charge on any atom is -0.481 e. The number of hydrogen-bond donors (Lipinski definition) is 2. The Balaban J connectivity index is 1.87. The molecule has 2 N–H and O–H groups in total. The van der Waals surface area contributed by atoms with Crippen molar-refractivity contribution in [1.82, 2.24) is 5.32 Å². The highest BCUT2D eigenvalue weighted by atomic mass is 16.5. The SMILES string of the molecule is COCc1ccccc1CNCC1CCCCC1C(=O)O. The minimum atomic E-state index is -0.638. The van der Waals surface area contributed by atoms with E-state index in [0.29, 0.717) is 6.61 Å². The van der Waals surface area contributed by atoms with E-state index in [1.807, 2.05) is 12.1 Å². The second kappa shape index (κ2) is 8.15. The van der Waals surface area contributed by atoms with Crippen LogP contribution >= 0.6 is 0 Å². The molecule has 0 radical (unpaired) electrons. The Morgan fingerprint density at radius 1 is 1.29 bits per heavy atom. The molecule has 4 heteroatoms.